The predicted molar refractivity (Wildman–Crippen MR) is 91.2 cm³/mol. The summed E-state index contributed by atoms with van der Waals surface area (Å²) in [7, 11) is 0. The highest BCUT2D eigenvalue weighted by Crippen LogP contribution is 2.41. The lowest BCUT2D eigenvalue weighted by Crippen LogP contribution is -2.25. The van der Waals surface area contributed by atoms with Crippen molar-refractivity contribution in [3.05, 3.63) is 35.9 Å². The van der Waals surface area contributed by atoms with E-state index in [9.17, 15) is 9.18 Å². The van der Waals surface area contributed by atoms with Crippen LogP contribution in [0.25, 0.3) is 11.1 Å². The van der Waals surface area contributed by atoms with Crippen LogP contribution >= 0.6 is 0 Å². The van der Waals surface area contributed by atoms with Crippen LogP contribution in [0.3, 0.4) is 0 Å². The van der Waals surface area contributed by atoms with E-state index in [0.717, 1.165) is 17.0 Å². The van der Waals surface area contributed by atoms with Crippen LogP contribution in [0.15, 0.2) is 24.5 Å². The topological polar surface area (TPSA) is 84.3 Å². The number of hydrogen-bond acceptors (Lipinski definition) is 5. The van der Waals surface area contributed by atoms with Gasteiger partial charge in [0.15, 0.2) is 5.67 Å². The second-order valence-electron chi connectivity index (χ2n) is 6.12. The molecule has 7 heteroatoms. The van der Waals surface area contributed by atoms with Gasteiger partial charge >= 0.3 is 0 Å². The maximum absolute atomic E-state index is 13.9. The van der Waals surface area contributed by atoms with Crippen molar-refractivity contribution in [2.75, 3.05) is 18.5 Å². The molecule has 0 bridgehead atoms. The average molecular weight is 345 g/mol. The Labute approximate surface area is 145 Å². The Balaban J connectivity index is 2.00. The minimum atomic E-state index is -1.74. The monoisotopic (exact) mass is 345 g/mol. The molecule has 2 aromatic rings. The Morgan fingerprint density at radius 1 is 1.32 bits per heavy atom. The third-order valence-electron chi connectivity index (χ3n) is 4.18. The van der Waals surface area contributed by atoms with Gasteiger partial charge in [0.25, 0.3) is 5.91 Å². The fraction of sp³-hybridized carbons (Fsp3) is 0.389. The molecular formula is C18H20FN3O3. The summed E-state index contributed by atoms with van der Waals surface area (Å²) in [6, 6.07) is 5.05. The minimum absolute atomic E-state index is 0.119. The van der Waals surface area contributed by atoms with E-state index in [2.05, 4.69) is 15.3 Å². The highest BCUT2D eigenvalue weighted by atomic mass is 19.1. The lowest BCUT2D eigenvalue weighted by molar-refractivity contribution is -0.122. The van der Waals surface area contributed by atoms with Gasteiger partial charge in [0, 0.05) is 28.2 Å². The van der Waals surface area contributed by atoms with E-state index in [1.54, 1.807) is 18.2 Å². The molecule has 0 radical (unpaired) electrons. The Hall–Kier alpha value is -2.54. The molecule has 0 atom stereocenters. The number of aryl methyl sites for hydroxylation is 2. The SMILES string of the molecule is Cc1ncnc(C)c1-c1cc(NC(=O)C2(F)CC2)ccc1OCCO. The number of aliphatic hydroxyl groups is 1. The summed E-state index contributed by atoms with van der Waals surface area (Å²) < 4.78 is 19.5. The van der Waals surface area contributed by atoms with Crippen LogP contribution in [0.4, 0.5) is 10.1 Å². The van der Waals surface area contributed by atoms with Crippen LogP contribution in [0.5, 0.6) is 5.75 Å². The van der Waals surface area contributed by atoms with Gasteiger partial charge in [-0.1, -0.05) is 0 Å². The van der Waals surface area contributed by atoms with E-state index in [1.165, 1.54) is 6.33 Å². The molecule has 2 N–H and O–H groups in total. The fourth-order valence-corrected chi connectivity index (χ4v) is 2.65. The first-order valence-electron chi connectivity index (χ1n) is 8.11. The number of ether oxygens (including phenoxy) is 1. The maximum Gasteiger partial charge on any atom is 0.262 e. The van der Waals surface area contributed by atoms with Gasteiger partial charge in [-0.2, -0.15) is 0 Å². The molecule has 1 heterocycles. The standard InChI is InChI=1S/C18H20FN3O3/c1-11-16(12(2)21-10-20-11)14-9-13(3-4-15(14)25-8-7-23)22-17(24)18(19)5-6-18/h3-4,9-10,23H,5-8H2,1-2H3,(H,22,24). The number of nitrogens with zero attached hydrogens (tertiary/aromatic N) is 2. The lowest BCUT2D eigenvalue weighted by atomic mass is 10.0. The van der Waals surface area contributed by atoms with E-state index >= 15 is 0 Å². The number of anilines is 1. The number of nitrogens with one attached hydrogen (secondary N) is 1. The Morgan fingerprint density at radius 2 is 2.00 bits per heavy atom. The second-order valence-corrected chi connectivity index (χ2v) is 6.12. The van der Waals surface area contributed by atoms with E-state index < -0.39 is 11.6 Å². The van der Waals surface area contributed by atoms with Crippen molar-refractivity contribution >= 4 is 11.6 Å². The fourth-order valence-electron chi connectivity index (χ4n) is 2.65. The molecule has 1 saturated carbocycles. The van der Waals surface area contributed by atoms with Crippen molar-refractivity contribution in [3.8, 4) is 16.9 Å². The molecule has 1 aromatic heterocycles. The molecule has 3 rings (SSSR count). The summed E-state index contributed by atoms with van der Waals surface area (Å²) in [4.78, 5) is 20.4. The van der Waals surface area contributed by atoms with Gasteiger partial charge in [0.05, 0.1) is 6.61 Å². The number of aromatic nitrogens is 2. The number of aliphatic hydroxyl groups excluding tert-OH is 1. The number of rotatable bonds is 6. The highest BCUT2D eigenvalue weighted by molar-refractivity contribution is 6.00. The molecule has 132 valence electrons. The molecule has 0 spiro atoms. The summed E-state index contributed by atoms with van der Waals surface area (Å²) in [6.45, 7) is 3.72. The van der Waals surface area contributed by atoms with Crippen molar-refractivity contribution < 1.29 is 19.0 Å². The van der Waals surface area contributed by atoms with Crippen LogP contribution in [-0.4, -0.2) is 39.9 Å². The third kappa shape index (κ3) is 3.61. The Bertz CT molecular complexity index is 786. The van der Waals surface area contributed by atoms with Gasteiger partial charge in [0.1, 0.15) is 18.7 Å². The summed E-state index contributed by atoms with van der Waals surface area (Å²) in [6.07, 6.45) is 2.00. The van der Waals surface area contributed by atoms with E-state index in [-0.39, 0.29) is 26.1 Å². The molecule has 0 unspecified atom stereocenters. The molecule has 1 aliphatic carbocycles. The number of amides is 1. The van der Waals surface area contributed by atoms with Crippen LogP contribution < -0.4 is 10.1 Å². The highest BCUT2D eigenvalue weighted by Gasteiger charge is 2.50. The number of alkyl halides is 1. The quantitative estimate of drug-likeness (QED) is 0.841. The lowest BCUT2D eigenvalue weighted by Gasteiger charge is -2.16. The molecule has 1 fully saturated rings. The summed E-state index contributed by atoms with van der Waals surface area (Å²) in [5.74, 6) is -0.0883. The Kier molecular flexibility index (Phi) is 4.67. The maximum atomic E-state index is 13.9. The molecule has 1 aromatic carbocycles. The molecule has 1 aliphatic rings. The molecule has 0 saturated heterocycles. The molecule has 0 aliphatic heterocycles. The Morgan fingerprint density at radius 3 is 2.60 bits per heavy atom. The van der Waals surface area contributed by atoms with Gasteiger partial charge in [-0.05, 0) is 44.9 Å². The normalized spacial score (nSPS) is 14.9. The first-order chi connectivity index (χ1) is 11.9. The van der Waals surface area contributed by atoms with Crippen LogP contribution in [0, 0.1) is 13.8 Å². The predicted octanol–water partition coefficient (Wildman–Crippen LogP) is 2.57. The number of halogens is 1. The summed E-state index contributed by atoms with van der Waals surface area (Å²) in [5.41, 5.74) is 1.72. The first kappa shape index (κ1) is 17.3. The van der Waals surface area contributed by atoms with Gasteiger partial charge < -0.3 is 15.2 Å². The van der Waals surface area contributed by atoms with Gasteiger partial charge in [-0.15, -0.1) is 0 Å². The molecule has 25 heavy (non-hydrogen) atoms. The zero-order valence-corrected chi connectivity index (χ0v) is 14.2. The van der Waals surface area contributed by atoms with Gasteiger partial charge in [-0.25, -0.2) is 14.4 Å². The first-order valence-corrected chi connectivity index (χ1v) is 8.11. The van der Waals surface area contributed by atoms with Crippen LogP contribution in [0.1, 0.15) is 24.2 Å². The zero-order chi connectivity index (χ0) is 18.0. The molecular weight excluding hydrogens is 325 g/mol. The minimum Gasteiger partial charge on any atom is -0.491 e. The smallest absolute Gasteiger partial charge is 0.262 e. The molecule has 1 amide bonds. The van der Waals surface area contributed by atoms with Gasteiger partial charge in [0.2, 0.25) is 0 Å². The van der Waals surface area contributed by atoms with Crippen molar-refractivity contribution in [2.45, 2.75) is 32.4 Å². The number of carbonyl (C=O) groups excluding carboxylic acids is 1. The van der Waals surface area contributed by atoms with Crippen LogP contribution in [-0.2, 0) is 4.79 Å². The van der Waals surface area contributed by atoms with Gasteiger partial charge in [-0.3, -0.25) is 4.79 Å². The third-order valence-corrected chi connectivity index (χ3v) is 4.18. The van der Waals surface area contributed by atoms with Crippen molar-refractivity contribution in [1.82, 2.24) is 9.97 Å². The largest absolute Gasteiger partial charge is 0.491 e. The number of hydrogen-bond donors (Lipinski definition) is 2. The zero-order valence-electron chi connectivity index (χ0n) is 14.2. The van der Waals surface area contributed by atoms with E-state index in [0.29, 0.717) is 17.0 Å². The number of carbonyl (C=O) groups is 1. The van der Waals surface area contributed by atoms with E-state index in [4.69, 9.17) is 9.84 Å². The number of benzene rings is 1. The van der Waals surface area contributed by atoms with E-state index in [1.807, 2.05) is 13.8 Å². The second kappa shape index (κ2) is 6.76. The van der Waals surface area contributed by atoms with Crippen molar-refractivity contribution in [1.29, 1.82) is 0 Å². The van der Waals surface area contributed by atoms with Crippen LogP contribution in [0.2, 0.25) is 0 Å². The summed E-state index contributed by atoms with van der Waals surface area (Å²) >= 11 is 0. The molecule has 6 nitrogen and oxygen atoms in total. The van der Waals surface area contributed by atoms with Crippen molar-refractivity contribution in [3.63, 3.8) is 0 Å². The summed E-state index contributed by atoms with van der Waals surface area (Å²) in [5, 5.41) is 11.6. The van der Waals surface area contributed by atoms with Crippen molar-refractivity contribution in [2.24, 2.45) is 0 Å². The average Bonchev–Trinajstić information content (AvgIpc) is 3.33.